The summed E-state index contributed by atoms with van der Waals surface area (Å²) in [5.74, 6) is 0. The molecule has 1 atom stereocenters. The maximum Gasteiger partial charge on any atom is 0.284 e. The predicted octanol–water partition coefficient (Wildman–Crippen LogP) is 7.31. The SMILES string of the molecule is c1ccc(P(c2ccccc2)c2ccccc2N2CCN3c4ccccc4[P+](c4ccccc4)(c4ccccc4)[P@]23)cc1. The fourth-order valence-electron chi connectivity index (χ4n) is 6.68. The van der Waals surface area contributed by atoms with Crippen molar-refractivity contribution >= 4 is 66.0 Å². The van der Waals surface area contributed by atoms with Crippen LogP contribution >= 0.6 is 22.8 Å². The molecule has 1 saturated heterocycles. The second kappa shape index (κ2) is 11.4. The molecule has 6 aromatic rings. The van der Waals surface area contributed by atoms with E-state index in [1.165, 1.54) is 43.2 Å². The molecule has 0 unspecified atom stereocenters. The third kappa shape index (κ3) is 4.36. The first kappa shape index (κ1) is 26.8. The average molecular weight is 610 g/mol. The van der Waals surface area contributed by atoms with Crippen LogP contribution in [-0.4, -0.2) is 13.1 Å². The molecule has 208 valence electrons. The van der Waals surface area contributed by atoms with Crippen molar-refractivity contribution in [1.82, 2.24) is 0 Å². The largest absolute Gasteiger partial charge is 0.299 e. The highest BCUT2D eigenvalue weighted by Gasteiger charge is 2.67. The van der Waals surface area contributed by atoms with Crippen LogP contribution in [0.4, 0.5) is 11.4 Å². The number of nitrogens with zero attached hydrogens (tertiary/aromatic N) is 2. The van der Waals surface area contributed by atoms with Crippen molar-refractivity contribution < 1.29 is 0 Å². The second-order valence-electron chi connectivity index (χ2n) is 10.8. The van der Waals surface area contributed by atoms with E-state index in [-0.39, 0.29) is 0 Å². The van der Waals surface area contributed by atoms with Gasteiger partial charge in [0.2, 0.25) is 0 Å². The summed E-state index contributed by atoms with van der Waals surface area (Å²) in [6, 6.07) is 63.6. The Hall–Kier alpha value is -3.79. The van der Waals surface area contributed by atoms with Gasteiger partial charge in [-0.25, -0.2) is 0 Å². The summed E-state index contributed by atoms with van der Waals surface area (Å²) in [6.07, 6.45) is 0. The standard InChI is InChI=1S/C38H32N2P3/c1-5-17-31(18-6-1)41(32-19-7-2-8-20-32)37-27-15-13-25-35(37)39-29-30-40-36-26-14-16-28-38(36)43(42(39)40,33-21-9-3-10-22-33)34-23-11-4-12-24-34/h1-28H,29-30H2/q+1/t42-/m1/s1. The van der Waals surface area contributed by atoms with E-state index in [4.69, 9.17) is 0 Å². The first-order valence-electron chi connectivity index (χ1n) is 14.8. The highest BCUT2D eigenvalue weighted by molar-refractivity contribution is 8.50. The van der Waals surface area contributed by atoms with Crippen LogP contribution in [0.1, 0.15) is 0 Å². The molecular formula is C38H32N2P3+. The van der Waals surface area contributed by atoms with Crippen molar-refractivity contribution in [2.75, 3.05) is 22.4 Å². The Morgan fingerprint density at radius 2 is 0.860 bits per heavy atom. The minimum absolute atomic E-state index is 0.736. The lowest BCUT2D eigenvalue weighted by Gasteiger charge is -2.35. The Morgan fingerprint density at radius 1 is 0.442 bits per heavy atom. The monoisotopic (exact) mass is 609 g/mol. The van der Waals surface area contributed by atoms with Crippen LogP contribution in [-0.2, 0) is 0 Å². The van der Waals surface area contributed by atoms with Gasteiger partial charge >= 0.3 is 0 Å². The summed E-state index contributed by atoms with van der Waals surface area (Å²) in [7, 11) is -1.49. The first-order chi connectivity index (χ1) is 21.4. The fourth-order valence-corrected chi connectivity index (χ4v) is 21.2. The Labute approximate surface area is 257 Å². The van der Waals surface area contributed by atoms with Crippen molar-refractivity contribution in [2.45, 2.75) is 0 Å². The van der Waals surface area contributed by atoms with Gasteiger partial charge in [-0.2, -0.15) is 0 Å². The summed E-state index contributed by atoms with van der Waals surface area (Å²) in [5, 5.41) is 8.69. The highest BCUT2D eigenvalue weighted by atomic mass is 32.1. The van der Waals surface area contributed by atoms with Crippen LogP contribution in [0.3, 0.4) is 0 Å². The lowest BCUT2D eigenvalue weighted by atomic mass is 10.3. The summed E-state index contributed by atoms with van der Waals surface area (Å²) in [5.41, 5.74) is 2.81. The van der Waals surface area contributed by atoms with Crippen molar-refractivity contribution in [3.05, 3.63) is 170 Å². The van der Waals surface area contributed by atoms with Crippen LogP contribution in [0, 0.1) is 0 Å². The van der Waals surface area contributed by atoms with E-state index in [9.17, 15) is 0 Å². The topological polar surface area (TPSA) is 6.48 Å². The maximum absolute atomic E-state index is 2.83. The molecule has 0 N–H and O–H groups in total. The third-order valence-electron chi connectivity index (χ3n) is 8.42. The molecule has 0 amide bonds. The molecule has 2 aliphatic rings. The smallest absolute Gasteiger partial charge is 0.284 e. The number of hydrogen-bond acceptors (Lipinski definition) is 2. The molecule has 2 aliphatic heterocycles. The number of para-hydroxylation sites is 2. The van der Waals surface area contributed by atoms with E-state index < -0.39 is 22.8 Å². The predicted molar refractivity (Wildman–Crippen MR) is 192 cm³/mol. The van der Waals surface area contributed by atoms with Crippen LogP contribution in [0.5, 0.6) is 0 Å². The van der Waals surface area contributed by atoms with E-state index in [2.05, 4.69) is 179 Å². The number of hydrogen-bond donors (Lipinski definition) is 0. The minimum Gasteiger partial charge on any atom is -0.299 e. The van der Waals surface area contributed by atoms with Gasteiger partial charge in [0, 0.05) is 18.4 Å². The fraction of sp³-hybridized carbons (Fsp3) is 0.0526. The zero-order valence-corrected chi connectivity index (χ0v) is 26.5. The molecule has 2 heterocycles. The minimum atomic E-state index is -2.04. The first-order valence-corrected chi connectivity index (χ1v) is 19.9. The number of benzene rings is 6. The van der Waals surface area contributed by atoms with Crippen LogP contribution in [0.25, 0.3) is 0 Å². The van der Waals surface area contributed by atoms with Crippen molar-refractivity contribution in [3.63, 3.8) is 0 Å². The molecule has 43 heavy (non-hydrogen) atoms. The van der Waals surface area contributed by atoms with Gasteiger partial charge in [0.1, 0.15) is 15.9 Å². The molecule has 1 fully saturated rings. The Morgan fingerprint density at radius 3 is 1.42 bits per heavy atom. The maximum atomic E-state index is 2.83. The molecule has 5 heteroatoms. The molecule has 8 rings (SSSR count). The van der Waals surface area contributed by atoms with Crippen molar-refractivity contribution in [1.29, 1.82) is 0 Å². The summed E-state index contributed by atoms with van der Waals surface area (Å²) < 4.78 is 5.61. The van der Waals surface area contributed by atoms with Crippen molar-refractivity contribution in [3.8, 4) is 0 Å². The molecule has 0 radical (unpaired) electrons. The molecule has 0 aliphatic carbocycles. The molecular weight excluding hydrogens is 577 g/mol. The zero-order chi connectivity index (χ0) is 28.6. The quantitative estimate of drug-likeness (QED) is 0.183. The molecule has 0 saturated carbocycles. The van der Waals surface area contributed by atoms with E-state index in [1.807, 2.05) is 0 Å². The Kier molecular flexibility index (Phi) is 7.09. The molecule has 0 spiro atoms. The van der Waals surface area contributed by atoms with Gasteiger partial charge in [-0.05, 0) is 61.0 Å². The molecule has 0 aromatic heterocycles. The van der Waals surface area contributed by atoms with Crippen LogP contribution in [0.15, 0.2) is 170 Å². The van der Waals surface area contributed by atoms with Gasteiger partial charge in [-0.15, -0.1) is 0 Å². The van der Waals surface area contributed by atoms with Crippen LogP contribution < -0.4 is 41.2 Å². The zero-order valence-electron chi connectivity index (χ0n) is 23.8. The van der Waals surface area contributed by atoms with E-state index in [1.54, 1.807) is 0 Å². The van der Waals surface area contributed by atoms with Gasteiger partial charge in [0.15, 0.2) is 6.95 Å². The lowest BCUT2D eigenvalue weighted by molar-refractivity contribution is 1.03. The van der Waals surface area contributed by atoms with Gasteiger partial charge in [-0.3, -0.25) is 9.34 Å². The molecule has 2 nitrogen and oxygen atoms in total. The van der Waals surface area contributed by atoms with Crippen LogP contribution in [0.2, 0.25) is 0 Å². The average Bonchev–Trinajstić information content (AvgIpc) is 3.65. The Balaban J connectivity index is 1.37. The number of rotatable bonds is 6. The summed E-state index contributed by atoms with van der Waals surface area (Å²) in [6.45, 7) is 0.0168. The summed E-state index contributed by atoms with van der Waals surface area (Å²) >= 11 is 0. The molecule has 0 bridgehead atoms. The second-order valence-corrected chi connectivity index (χ2v) is 20.2. The lowest BCUT2D eigenvalue weighted by Crippen LogP contribution is -2.32. The van der Waals surface area contributed by atoms with Gasteiger partial charge < -0.3 is 0 Å². The van der Waals surface area contributed by atoms with Gasteiger partial charge in [0.25, 0.3) is 7.91 Å². The van der Waals surface area contributed by atoms with E-state index in [0.717, 1.165) is 13.1 Å². The van der Waals surface area contributed by atoms with Gasteiger partial charge in [-0.1, -0.05) is 127 Å². The number of anilines is 2. The summed E-state index contributed by atoms with van der Waals surface area (Å²) in [4.78, 5) is 0. The van der Waals surface area contributed by atoms with E-state index in [0.29, 0.717) is 0 Å². The highest BCUT2D eigenvalue weighted by Crippen LogP contribution is 2.89. The van der Waals surface area contributed by atoms with Crippen molar-refractivity contribution in [2.24, 2.45) is 0 Å². The molecule has 6 aromatic carbocycles. The van der Waals surface area contributed by atoms with E-state index >= 15 is 0 Å². The van der Waals surface area contributed by atoms with Gasteiger partial charge in [0.05, 0.1) is 11.4 Å². The Bertz CT molecular complexity index is 1770. The third-order valence-corrected chi connectivity index (χ3v) is 21.2. The normalized spacial score (nSPS) is 16.7. The number of fused-ring (bicyclic) bond motifs is 3.